The van der Waals surface area contributed by atoms with Gasteiger partial charge in [-0.3, -0.25) is 9.50 Å². The fraction of sp³-hybridized carbons (Fsp3) is 0.800. The fourth-order valence-corrected chi connectivity index (χ4v) is 0.328. The van der Waals surface area contributed by atoms with Crippen molar-refractivity contribution in [2.45, 2.75) is 26.2 Å². The van der Waals surface area contributed by atoms with Crippen molar-refractivity contribution >= 4 is 5.97 Å². The Morgan fingerprint density at radius 3 is 2.25 bits per heavy atom. The first-order chi connectivity index (χ1) is 3.27. The Morgan fingerprint density at radius 1 is 1.62 bits per heavy atom. The van der Waals surface area contributed by atoms with Gasteiger partial charge in [0.15, 0.2) is 0 Å². The minimum absolute atomic E-state index is 0. The number of hydrogen-bond donors (Lipinski definition) is 1. The summed E-state index contributed by atoms with van der Waals surface area (Å²) in [4.78, 5) is 9.76. The summed E-state index contributed by atoms with van der Waals surface area (Å²) in [5.41, 5.74) is 0. The van der Waals surface area contributed by atoms with Crippen LogP contribution in [0.25, 0.3) is 0 Å². The van der Waals surface area contributed by atoms with Crippen molar-refractivity contribution in [3.05, 3.63) is 0 Å². The third-order valence-corrected chi connectivity index (χ3v) is 0.744. The average molecular weight is 122 g/mol. The minimum Gasteiger partial charge on any atom is -0.481 e. The Hall–Kier alpha value is -0.600. The van der Waals surface area contributed by atoms with E-state index in [0.29, 0.717) is 6.42 Å². The molecule has 0 aliphatic rings. The largest absolute Gasteiger partial charge is 0.481 e. The summed E-state index contributed by atoms with van der Waals surface area (Å²) in [6, 6.07) is 0. The zero-order valence-electron chi connectivity index (χ0n) is 4.89. The lowest BCUT2D eigenvalue weighted by Gasteiger charge is -1.85. The molecular formula is C5H11FO2. The van der Waals surface area contributed by atoms with Crippen LogP contribution >= 0.6 is 0 Å². The summed E-state index contributed by atoms with van der Waals surface area (Å²) in [6.07, 6.45) is 2.08. The molecule has 2 nitrogen and oxygen atoms in total. The van der Waals surface area contributed by atoms with Gasteiger partial charge in [0.1, 0.15) is 0 Å². The molecule has 0 aromatic heterocycles. The quantitative estimate of drug-likeness (QED) is 0.614. The van der Waals surface area contributed by atoms with Crippen LogP contribution in [0.1, 0.15) is 26.2 Å². The second kappa shape index (κ2) is 6.40. The van der Waals surface area contributed by atoms with Gasteiger partial charge >= 0.3 is 5.97 Å². The summed E-state index contributed by atoms with van der Waals surface area (Å²) in [5, 5.41) is 8.04. The molecule has 0 fully saturated rings. The Bertz CT molecular complexity index is 63.4. The van der Waals surface area contributed by atoms with Gasteiger partial charge in [-0.05, 0) is 6.42 Å². The van der Waals surface area contributed by atoms with Gasteiger partial charge in [0.2, 0.25) is 0 Å². The van der Waals surface area contributed by atoms with Crippen LogP contribution in [0.15, 0.2) is 0 Å². The van der Waals surface area contributed by atoms with Crippen LogP contribution in [-0.2, 0) is 4.79 Å². The molecule has 0 aromatic carbocycles. The van der Waals surface area contributed by atoms with E-state index in [4.69, 9.17) is 5.11 Å². The van der Waals surface area contributed by atoms with Crippen LogP contribution < -0.4 is 0 Å². The topological polar surface area (TPSA) is 37.3 Å². The molecule has 0 spiro atoms. The normalized spacial score (nSPS) is 7.62. The Balaban J connectivity index is 0. The number of carbonyl (C=O) groups is 1. The Kier molecular flexibility index (Phi) is 8.32. The van der Waals surface area contributed by atoms with Crippen LogP contribution in [0, 0.1) is 0 Å². The maximum Gasteiger partial charge on any atom is 0.303 e. The number of halogens is 1. The molecule has 0 unspecified atom stereocenters. The lowest BCUT2D eigenvalue weighted by atomic mass is 10.3. The first-order valence-electron chi connectivity index (χ1n) is 2.49. The first kappa shape index (κ1) is 10.4. The van der Waals surface area contributed by atoms with E-state index in [1.165, 1.54) is 0 Å². The molecule has 0 atom stereocenters. The summed E-state index contributed by atoms with van der Waals surface area (Å²) < 4.78 is 0. The predicted octanol–water partition coefficient (Wildman–Crippen LogP) is 1.41. The molecule has 3 heteroatoms. The highest BCUT2D eigenvalue weighted by molar-refractivity contribution is 5.66. The van der Waals surface area contributed by atoms with Gasteiger partial charge in [-0.25, -0.2) is 0 Å². The SMILES string of the molecule is CCCCC(=O)O.F. The second-order valence-corrected chi connectivity index (χ2v) is 1.50. The summed E-state index contributed by atoms with van der Waals surface area (Å²) >= 11 is 0. The van der Waals surface area contributed by atoms with E-state index in [1.807, 2.05) is 6.92 Å². The molecule has 50 valence electrons. The van der Waals surface area contributed by atoms with Crippen LogP contribution in [0.3, 0.4) is 0 Å². The summed E-state index contributed by atoms with van der Waals surface area (Å²) in [6.45, 7) is 1.98. The molecule has 0 saturated heterocycles. The van der Waals surface area contributed by atoms with E-state index in [2.05, 4.69) is 0 Å². The Labute approximate surface area is 47.9 Å². The second-order valence-electron chi connectivity index (χ2n) is 1.50. The highest BCUT2D eigenvalue weighted by Gasteiger charge is 1.90. The van der Waals surface area contributed by atoms with E-state index in [9.17, 15) is 4.79 Å². The van der Waals surface area contributed by atoms with Crippen molar-refractivity contribution in [3.63, 3.8) is 0 Å². The number of unbranched alkanes of at least 4 members (excludes halogenated alkanes) is 1. The van der Waals surface area contributed by atoms with Crippen molar-refractivity contribution in [2.24, 2.45) is 0 Å². The number of aliphatic carboxylic acids is 1. The van der Waals surface area contributed by atoms with E-state index in [1.54, 1.807) is 0 Å². The molecule has 0 heterocycles. The molecule has 8 heavy (non-hydrogen) atoms. The predicted molar refractivity (Wildman–Crippen MR) is 29.7 cm³/mol. The minimum atomic E-state index is -0.693. The maximum absolute atomic E-state index is 9.76. The zero-order valence-corrected chi connectivity index (χ0v) is 4.89. The monoisotopic (exact) mass is 122 g/mol. The first-order valence-corrected chi connectivity index (χ1v) is 2.49. The van der Waals surface area contributed by atoms with Crippen molar-refractivity contribution in [2.75, 3.05) is 0 Å². The number of carboxylic acids is 1. The van der Waals surface area contributed by atoms with Gasteiger partial charge < -0.3 is 5.11 Å². The zero-order chi connectivity index (χ0) is 5.70. The van der Waals surface area contributed by atoms with E-state index < -0.39 is 5.97 Å². The fourth-order valence-electron chi connectivity index (χ4n) is 0.328. The number of rotatable bonds is 3. The lowest BCUT2D eigenvalue weighted by Crippen LogP contribution is -1.91. The lowest BCUT2D eigenvalue weighted by molar-refractivity contribution is -0.137. The number of carboxylic acid groups (broad SMARTS) is 1. The molecule has 0 aliphatic heterocycles. The molecule has 0 aromatic rings. The van der Waals surface area contributed by atoms with E-state index >= 15 is 0 Å². The molecular weight excluding hydrogens is 111 g/mol. The van der Waals surface area contributed by atoms with Gasteiger partial charge in [-0.1, -0.05) is 13.3 Å². The molecule has 0 saturated carbocycles. The molecule has 0 radical (unpaired) electrons. The van der Waals surface area contributed by atoms with Crippen LogP contribution in [-0.4, -0.2) is 11.1 Å². The van der Waals surface area contributed by atoms with Crippen molar-refractivity contribution in [1.29, 1.82) is 0 Å². The average Bonchev–Trinajstić information content (AvgIpc) is 1.61. The third-order valence-electron chi connectivity index (χ3n) is 0.744. The number of hydrogen-bond acceptors (Lipinski definition) is 1. The molecule has 0 amide bonds. The summed E-state index contributed by atoms with van der Waals surface area (Å²) in [5.74, 6) is -0.693. The third kappa shape index (κ3) is 9.04. The maximum atomic E-state index is 9.76. The summed E-state index contributed by atoms with van der Waals surface area (Å²) in [7, 11) is 0. The van der Waals surface area contributed by atoms with Crippen LogP contribution in [0.5, 0.6) is 0 Å². The van der Waals surface area contributed by atoms with E-state index in [-0.39, 0.29) is 4.70 Å². The van der Waals surface area contributed by atoms with E-state index in [0.717, 1.165) is 12.8 Å². The highest BCUT2D eigenvalue weighted by atomic mass is 19.0. The molecule has 1 N–H and O–H groups in total. The van der Waals surface area contributed by atoms with Gasteiger partial charge in [0.05, 0.1) is 0 Å². The molecule has 0 rings (SSSR count). The van der Waals surface area contributed by atoms with Crippen LogP contribution in [0.4, 0.5) is 4.70 Å². The Morgan fingerprint density at radius 2 is 2.12 bits per heavy atom. The molecule has 0 aliphatic carbocycles. The van der Waals surface area contributed by atoms with Gasteiger partial charge in [-0.2, -0.15) is 0 Å². The van der Waals surface area contributed by atoms with Gasteiger partial charge in [0.25, 0.3) is 0 Å². The van der Waals surface area contributed by atoms with Crippen molar-refractivity contribution in [1.82, 2.24) is 0 Å². The molecule has 0 bridgehead atoms. The van der Waals surface area contributed by atoms with Gasteiger partial charge in [-0.15, -0.1) is 0 Å². The highest BCUT2D eigenvalue weighted by Crippen LogP contribution is 1.91. The smallest absolute Gasteiger partial charge is 0.303 e. The van der Waals surface area contributed by atoms with Crippen molar-refractivity contribution < 1.29 is 14.6 Å². The standard InChI is InChI=1S/C5H10O2.FH/c1-2-3-4-5(6)7;/h2-4H2,1H3,(H,6,7);1H. The van der Waals surface area contributed by atoms with Crippen LogP contribution in [0.2, 0.25) is 0 Å². The van der Waals surface area contributed by atoms with Crippen molar-refractivity contribution in [3.8, 4) is 0 Å². The van der Waals surface area contributed by atoms with Gasteiger partial charge in [0, 0.05) is 6.42 Å².